The molecule has 0 bridgehead atoms. The number of hydrogen-bond donors (Lipinski definition) is 1. The van der Waals surface area contributed by atoms with Gasteiger partial charge >= 0.3 is 0 Å². The molecule has 68 valence electrons. The molecule has 0 aliphatic carbocycles. The largest absolute Gasteiger partial charge is 0.382 e. The van der Waals surface area contributed by atoms with E-state index in [0.29, 0.717) is 6.54 Å². The molecule has 1 aromatic rings. The van der Waals surface area contributed by atoms with E-state index < -0.39 is 0 Å². The summed E-state index contributed by atoms with van der Waals surface area (Å²) in [6.45, 7) is 5.88. The van der Waals surface area contributed by atoms with Gasteiger partial charge in [0.2, 0.25) is 0 Å². The van der Waals surface area contributed by atoms with Crippen LogP contribution in [-0.4, -0.2) is 12.3 Å². The number of hydrogen-bond acceptors (Lipinski definition) is 2. The van der Waals surface area contributed by atoms with Gasteiger partial charge in [-0.2, -0.15) is 0 Å². The summed E-state index contributed by atoms with van der Waals surface area (Å²) < 4.78 is 0. The summed E-state index contributed by atoms with van der Waals surface area (Å²) in [7, 11) is 0. The molecule has 0 saturated carbocycles. The van der Waals surface area contributed by atoms with Crippen LogP contribution in [0, 0.1) is 0 Å². The lowest BCUT2D eigenvalue weighted by atomic mass is 10.1. The smallest absolute Gasteiger partial charge is 0.159 e. The minimum atomic E-state index is 0.0854. The first-order valence-electron chi connectivity index (χ1n) is 4.20. The summed E-state index contributed by atoms with van der Waals surface area (Å²) in [6, 6.07) is 7.44. The van der Waals surface area contributed by atoms with Crippen LogP contribution in [0.4, 0.5) is 5.69 Å². The third-order valence-corrected chi connectivity index (χ3v) is 1.72. The molecule has 0 atom stereocenters. The summed E-state index contributed by atoms with van der Waals surface area (Å²) in [6.07, 6.45) is 1.78. The Labute approximate surface area is 78.3 Å². The lowest BCUT2D eigenvalue weighted by molar-refractivity contribution is 0.101. The van der Waals surface area contributed by atoms with E-state index >= 15 is 0 Å². The van der Waals surface area contributed by atoms with Gasteiger partial charge in [0.05, 0.1) is 0 Å². The molecule has 0 aliphatic rings. The minimum absolute atomic E-state index is 0.0854. The van der Waals surface area contributed by atoms with E-state index in [-0.39, 0.29) is 5.78 Å². The van der Waals surface area contributed by atoms with Gasteiger partial charge < -0.3 is 5.32 Å². The molecule has 1 aromatic carbocycles. The van der Waals surface area contributed by atoms with Gasteiger partial charge in [0.25, 0.3) is 0 Å². The van der Waals surface area contributed by atoms with Gasteiger partial charge in [-0.15, -0.1) is 6.58 Å². The molecule has 0 unspecified atom stereocenters. The number of benzene rings is 1. The summed E-state index contributed by atoms with van der Waals surface area (Å²) >= 11 is 0. The van der Waals surface area contributed by atoms with Crippen LogP contribution in [0.2, 0.25) is 0 Å². The second-order valence-electron chi connectivity index (χ2n) is 2.81. The van der Waals surface area contributed by atoms with Gasteiger partial charge in [-0.3, -0.25) is 4.79 Å². The Bertz CT molecular complexity index is 318. The van der Waals surface area contributed by atoms with E-state index in [1.807, 2.05) is 18.2 Å². The third kappa shape index (κ3) is 2.75. The molecule has 1 N–H and O–H groups in total. The van der Waals surface area contributed by atoms with Gasteiger partial charge in [-0.1, -0.05) is 18.2 Å². The van der Waals surface area contributed by atoms with Gasteiger partial charge in [-0.05, 0) is 19.1 Å². The molecule has 0 radical (unpaired) electrons. The Kier molecular flexibility index (Phi) is 3.26. The Morgan fingerprint density at radius 1 is 1.62 bits per heavy atom. The molecule has 13 heavy (non-hydrogen) atoms. The Hall–Kier alpha value is -1.57. The summed E-state index contributed by atoms with van der Waals surface area (Å²) in [5, 5.41) is 3.12. The summed E-state index contributed by atoms with van der Waals surface area (Å²) in [5.41, 5.74) is 1.68. The van der Waals surface area contributed by atoms with Gasteiger partial charge in [-0.25, -0.2) is 0 Å². The van der Waals surface area contributed by atoms with Crippen molar-refractivity contribution < 1.29 is 4.79 Å². The highest BCUT2D eigenvalue weighted by Crippen LogP contribution is 2.10. The fourth-order valence-electron chi connectivity index (χ4n) is 1.04. The number of rotatable bonds is 4. The van der Waals surface area contributed by atoms with E-state index in [9.17, 15) is 4.79 Å². The first-order chi connectivity index (χ1) is 6.24. The lowest BCUT2D eigenvalue weighted by Gasteiger charge is -2.03. The van der Waals surface area contributed by atoms with E-state index in [1.54, 1.807) is 19.1 Å². The highest BCUT2D eigenvalue weighted by atomic mass is 16.1. The molecule has 1 rings (SSSR count). The Balaban J connectivity index is 2.79. The van der Waals surface area contributed by atoms with E-state index in [2.05, 4.69) is 11.9 Å². The zero-order chi connectivity index (χ0) is 9.68. The van der Waals surface area contributed by atoms with E-state index in [1.165, 1.54) is 0 Å². The van der Waals surface area contributed by atoms with Gasteiger partial charge in [0.15, 0.2) is 5.78 Å². The monoisotopic (exact) mass is 175 g/mol. The number of carbonyl (C=O) groups is 1. The molecule has 0 saturated heterocycles. The van der Waals surface area contributed by atoms with Crippen molar-refractivity contribution in [1.29, 1.82) is 0 Å². The maximum Gasteiger partial charge on any atom is 0.159 e. The van der Waals surface area contributed by atoms with Crippen LogP contribution in [0.25, 0.3) is 0 Å². The molecule has 0 aliphatic heterocycles. The predicted molar refractivity (Wildman–Crippen MR) is 55.1 cm³/mol. The van der Waals surface area contributed by atoms with Crippen LogP contribution in [0.1, 0.15) is 17.3 Å². The molecule has 0 amide bonds. The maximum atomic E-state index is 11.0. The average Bonchev–Trinajstić information content (AvgIpc) is 2.15. The topological polar surface area (TPSA) is 29.1 Å². The van der Waals surface area contributed by atoms with Crippen molar-refractivity contribution in [2.75, 3.05) is 11.9 Å². The van der Waals surface area contributed by atoms with Crippen molar-refractivity contribution in [1.82, 2.24) is 0 Å². The SMILES string of the molecule is C=CCNc1cccc(C(C)=O)c1. The van der Waals surface area contributed by atoms with Crippen LogP contribution in [0.5, 0.6) is 0 Å². The second kappa shape index (κ2) is 4.45. The van der Waals surface area contributed by atoms with Crippen LogP contribution >= 0.6 is 0 Å². The minimum Gasteiger partial charge on any atom is -0.382 e. The standard InChI is InChI=1S/C11H13NO/c1-3-7-12-11-6-4-5-10(8-11)9(2)13/h3-6,8,12H,1,7H2,2H3. The van der Waals surface area contributed by atoms with Crippen LogP contribution < -0.4 is 5.32 Å². The summed E-state index contributed by atoms with van der Waals surface area (Å²) in [4.78, 5) is 11.0. The Morgan fingerprint density at radius 2 is 2.38 bits per heavy atom. The normalized spacial score (nSPS) is 9.31. The second-order valence-corrected chi connectivity index (χ2v) is 2.81. The zero-order valence-corrected chi connectivity index (χ0v) is 7.71. The number of nitrogens with one attached hydrogen (secondary N) is 1. The quantitative estimate of drug-likeness (QED) is 0.562. The number of ketones is 1. The van der Waals surface area contributed by atoms with Crippen molar-refractivity contribution in [3.63, 3.8) is 0 Å². The van der Waals surface area contributed by atoms with Crippen LogP contribution in [0.3, 0.4) is 0 Å². The molecule has 2 nitrogen and oxygen atoms in total. The maximum absolute atomic E-state index is 11.0. The number of carbonyl (C=O) groups excluding carboxylic acids is 1. The molecular weight excluding hydrogens is 162 g/mol. The van der Waals surface area contributed by atoms with Crippen molar-refractivity contribution >= 4 is 11.5 Å². The third-order valence-electron chi connectivity index (χ3n) is 1.72. The average molecular weight is 175 g/mol. The highest BCUT2D eigenvalue weighted by molar-refractivity contribution is 5.94. The molecule has 0 fully saturated rings. The van der Waals surface area contributed by atoms with Crippen molar-refractivity contribution in [2.45, 2.75) is 6.92 Å². The number of anilines is 1. The van der Waals surface area contributed by atoms with Crippen molar-refractivity contribution in [2.24, 2.45) is 0 Å². The highest BCUT2D eigenvalue weighted by Gasteiger charge is 1.98. The predicted octanol–water partition coefficient (Wildman–Crippen LogP) is 2.49. The first-order valence-corrected chi connectivity index (χ1v) is 4.20. The molecule has 0 spiro atoms. The van der Waals surface area contributed by atoms with Crippen LogP contribution in [0.15, 0.2) is 36.9 Å². The van der Waals surface area contributed by atoms with Crippen molar-refractivity contribution in [3.8, 4) is 0 Å². The molecular formula is C11H13NO. The Morgan fingerprint density at radius 3 is 3.00 bits per heavy atom. The lowest BCUT2D eigenvalue weighted by Crippen LogP contribution is -1.99. The molecule has 0 heterocycles. The van der Waals surface area contributed by atoms with E-state index in [0.717, 1.165) is 11.3 Å². The zero-order valence-electron chi connectivity index (χ0n) is 7.71. The number of Topliss-reactive ketones (excluding diaryl/α,β-unsaturated/α-hetero) is 1. The fraction of sp³-hybridized carbons (Fsp3) is 0.182. The van der Waals surface area contributed by atoms with Crippen molar-refractivity contribution in [3.05, 3.63) is 42.5 Å². The first kappa shape index (κ1) is 9.52. The van der Waals surface area contributed by atoms with Crippen LogP contribution in [-0.2, 0) is 0 Å². The fourth-order valence-corrected chi connectivity index (χ4v) is 1.04. The molecule has 0 aromatic heterocycles. The van der Waals surface area contributed by atoms with E-state index in [4.69, 9.17) is 0 Å². The summed E-state index contributed by atoms with van der Waals surface area (Å²) in [5.74, 6) is 0.0854. The van der Waals surface area contributed by atoms with Gasteiger partial charge in [0.1, 0.15) is 0 Å². The molecule has 2 heteroatoms. The van der Waals surface area contributed by atoms with Gasteiger partial charge in [0, 0.05) is 17.8 Å².